The summed E-state index contributed by atoms with van der Waals surface area (Å²) in [4.78, 5) is 14.7. The molecule has 18 heavy (non-hydrogen) atoms. The van der Waals surface area contributed by atoms with Gasteiger partial charge in [0.15, 0.2) is 0 Å². The molecule has 0 fully saturated rings. The van der Waals surface area contributed by atoms with E-state index in [-0.39, 0.29) is 17.0 Å². The maximum atomic E-state index is 12.8. The summed E-state index contributed by atoms with van der Waals surface area (Å²) in [5, 5.41) is 8.99. The number of ether oxygens (including phenoxy) is 1. The largest absolute Gasteiger partial charge is 0.469 e. The van der Waals surface area contributed by atoms with Gasteiger partial charge in [-0.2, -0.15) is 5.26 Å². The molecule has 1 heterocycles. The normalized spacial score (nSPS) is 10.2. The van der Waals surface area contributed by atoms with Crippen molar-refractivity contribution in [2.45, 2.75) is 18.7 Å². The van der Waals surface area contributed by atoms with E-state index in [1.807, 2.05) is 0 Å². The van der Waals surface area contributed by atoms with Gasteiger partial charge in [0, 0.05) is 17.3 Å². The minimum atomic E-state index is -2.87. The molecule has 1 aromatic rings. The zero-order valence-corrected chi connectivity index (χ0v) is 10.2. The summed E-state index contributed by atoms with van der Waals surface area (Å²) in [5.41, 5.74) is -0.452. The molecule has 1 aromatic heterocycles. The standard InChI is InChI=1S/C11H9ClF2N2O2/c1-18-9(17)2-7-8(4-15)6(3-12)5-16-10(7)11(13)14/h5,11H,2-3H2,1H3. The molecule has 0 bridgehead atoms. The molecule has 0 unspecified atom stereocenters. The highest BCUT2D eigenvalue weighted by molar-refractivity contribution is 6.17. The molecule has 0 aliphatic carbocycles. The number of hydrogen-bond acceptors (Lipinski definition) is 4. The molecule has 0 aliphatic heterocycles. The van der Waals surface area contributed by atoms with E-state index in [9.17, 15) is 13.6 Å². The second-order valence-electron chi connectivity index (χ2n) is 3.32. The summed E-state index contributed by atoms with van der Waals surface area (Å²) in [5.74, 6) is -0.768. The molecule has 0 aromatic carbocycles. The van der Waals surface area contributed by atoms with Crippen LogP contribution in [0.1, 0.15) is 28.8 Å². The molecule has 0 amide bonds. The molecule has 0 atom stereocenters. The van der Waals surface area contributed by atoms with E-state index in [1.54, 1.807) is 6.07 Å². The van der Waals surface area contributed by atoms with E-state index in [4.69, 9.17) is 16.9 Å². The van der Waals surface area contributed by atoms with Gasteiger partial charge in [0.25, 0.3) is 6.43 Å². The van der Waals surface area contributed by atoms with Crippen LogP contribution in [0.5, 0.6) is 0 Å². The summed E-state index contributed by atoms with van der Waals surface area (Å²) in [6, 6.07) is 1.77. The summed E-state index contributed by atoms with van der Waals surface area (Å²) in [7, 11) is 1.13. The smallest absolute Gasteiger partial charge is 0.310 e. The van der Waals surface area contributed by atoms with Crippen molar-refractivity contribution >= 4 is 17.6 Å². The van der Waals surface area contributed by atoms with Crippen molar-refractivity contribution in [2.75, 3.05) is 7.11 Å². The molecule has 4 nitrogen and oxygen atoms in total. The fourth-order valence-corrected chi connectivity index (χ4v) is 1.64. The Hall–Kier alpha value is -1.74. The van der Waals surface area contributed by atoms with E-state index in [1.165, 1.54) is 0 Å². The third kappa shape index (κ3) is 2.93. The predicted octanol–water partition coefficient (Wildman–Crippen LogP) is 2.35. The fourth-order valence-electron chi connectivity index (χ4n) is 1.44. The Bertz CT molecular complexity index is 501. The maximum Gasteiger partial charge on any atom is 0.310 e. The zero-order valence-electron chi connectivity index (χ0n) is 9.41. The Labute approximate surface area is 107 Å². The van der Waals surface area contributed by atoms with Crippen molar-refractivity contribution in [1.82, 2.24) is 4.98 Å². The molecule has 0 radical (unpaired) electrons. The van der Waals surface area contributed by atoms with Gasteiger partial charge in [-0.3, -0.25) is 9.78 Å². The van der Waals surface area contributed by atoms with Gasteiger partial charge < -0.3 is 4.74 Å². The number of alkyl halides is 3. The van der Waals surface area contributed by atoms with E-state index in [2.05, 4.69) is 9.72 Å². The molecule has 0 saturated heterocycles. The topological polar surface area (TPSA) is 63.0 Å². The van der Waals surface area contributed by atoms with Gasteiger partial charge in [0.1, 0.15) is 5.69 Å². The highest BCUT2D eigenvalue weighted by Gasteiger charge is 2.22. The van der Waals surface area contributed by atoms with Gasteiger partial charge in [-0.25, -0.2) is 8.78 Å². The van der Waals surface area contributed by atoms with Gasteiger partial charge in [-0.05, 0) is 0 Å². The number of nitrogens with zero attached hydrogens (tertiary/aromatic N) is 2. The first-order valence-corrected chi connectivity index (χ1v) is 5.40. The summed E-state index contributed by atoms with van der Waals surface area (Å²) in [6.07, 6.45) is -2.19. The minimum absolute atomic E-state index is 0.0410. The van der Waals surface area contributed by atoms with Crippen LogP contribution in [0.3, 0.4) is 0 Å². The Balaban J connectivity index is 3.39. The minimum Gasteiger partial charge on any atom is -0.469 e. The van der Waals surface area contributed by atoms with Gasteiger partial charge in [0.05, 0.1) is 31.0 Å². The molecule has 1 rings (SSSR count). The Kier molecular flexibility index (Phi) is 4.98. The molecule has 0 aliphatic rings. The van der Waals surface area contributed by atoms with Gasteiger partial charge in [0.2, 0.25) is 0 Å². The van der Waals surface area contributed by atoms with Crippen LogP contribution in [-0.2, 0) is 21.8 Å². The van der Waals surface area contributed by atoms with Crippen LogP contribution in [0.4, 0.5) is 8.78 Å². The van der Waals surface area contributed by atoms with Crippen molar-refractivity contribution in [3.8, 4) is 6.07 Å². The van der Waals surface area contributed by atoms with Crippen molar-refractivity contribution in [2.24, 2.45) is 0 Å². The number of aromatic nitrogens is 1. The number of pyridine rings is 1. The van der Waals surface area contributed by atoms with E-state index < -0.39 is 24.5 Å². The van der Waals surface area contributed by atoms with Crippen molar-refractivity contribution in [3.05, 3.63) is 28.6 Å². The first-order chi connectivity index (χ1) is 8.54. The number of halogens is 3. The number of rotatable bonds is 4. The third-order valence-corrected chi connectivity index (χ3v) is 2.59. The lowest BCUT2D eigenvalue weighted by atomic mass is 10.00. The van der Waals surface area contributed by atoms with Crippen molar-refractivity contribution < 1.29 is 18.3 Å². The van der Waals surface area contributed by atoms with Crippen LogP contribution >= 0.6 is 11.6 Å². The monoisotopic (exact) mass is 274 g/mol. The van der Waals surface area contributed by atoms with Crippen LogP contribution in [0.25, 0.3) is 0 Å². The van der Waals surface area contributed by atoms with Crippen LogP contribution < -0.4 is 0 Å². The van der Waals surface area contributed by atoms with Gasteiger partial charge >= 0.3 is 5.97 Å². The molecular weight excluding hydrogens is 266 g/mol. The Morgan fingerprint density at radius 2 is 2.33 bits per heavy atom. The zero-order chi connectivity index (χ0) is 13.7. The van der Waals surface area contributed by atoms with Crippen molar-refractivity contribution in [3.63, 3.8) is 0 Å². The molecule has 7 heteroatoms. The average Bonchev–Trinajstić information content (AvgIpc) is 2.37. The summed E-state index contributed by atoms with van der Waals surface area (Å²) < 4.78 is 30.0. The predicted molar refractivity (Wildman–Crippen MR) is 59.2 cm³/mol. The molecule has 0 saturated carbocycles. The summed E-state index contributed by atoms with van der Waals surface area (Å²) >= 11 is 5.59. The van der Waals surface area contributed by atoms with Crippen LogP contribution in [0, 0.1) is 11.3 Å². The number of carbonyl (C=O) groups excluding carboxylic acids is 1. The maximum absolute atomic E-state index is 12.8. The van der Waals surface area contributed by atoms with E-state index >= 15 is 0 Å². The number of esters is 1. The van der Waals surface area contributed by atoms with Gasteiger partial charge in [-0.15, -0.1) is 11.6 Å². The highest BCUT2D eigenvalue weighted by Crippen LogP contribution is 2.26. The number of carbonyl (C=O) groups is 1. The molecule has 0 spiro atoms. The van der Waals surface area contributed by atoms with E-state index in [0.29, 0.717) is 5.56 Å². The lowest BCUT2D eigenvalue weighted by Crippen LogP contribution is -2.12. The summed E-state index contributed by atoms with van der Waals surface area (Å²) in [6.45, 7) is 0. The molecule has 0 N–H and O–H groups in total. The molecular formula is C11H9ClF2N2O2. The highest BCUT2D eigenvalue weighted by atomic mass is 35.5. The first-order valence-electron chi connectivity index (χ1n) is 4.86. The lowest BCUT2D eigenvalue weighted by Gasteiger charge is -2.11. The Morgan fingerprint density at radius 1 is 1.67 bits per heavy atom. The Morgan fingerprint density at radius 3 is 2.78 bits per heavy atom. The number of nitriles is 1. The quantitative estimate of drug-likeness (QED) is 0.624. The average molecular weight is 275 g/mol. The number of methoxy groups -OCH3 is 1. The van der Waals surface area contributed by atoms with E-state index in [0.717, 1.165) is 13.3 Å². The fraction of sp³-hybridized carbons (Fsp3) is 0.364. The SMILES string of the molecule is COC(=O)Cc1c(C(F)F)ncc(CCl)c1C#N. The second-order valence-corrected chi connectivity index (χ2v) is 3.59. The van der Waals surface area contributed by atoms with Crippen LogP contribution in [0.15, 0.2) is 6.20 Å². The van der Waals surface area contributed by atoms with Crippen LogP contribution in [0.2, 0.25) is 0 Å². The van der Waals surface area contributed by atoms with Gasteiger partial charge in [-0.1, -0.05) is 0 Å². The van der Waals surface area contributed by atoms with Crippen molar-refractivity contribution in [1.29, 1.82) is 5.26 Å². The number of hydrogen-bond donors (Lipinski definition) is 0. The lowest BCUT2D eigenvalue weighted by molar-refractivity contribution is -0.139. The van der Waals surface area contributed by atoms with Crippen LogP contribution in [-0.4, -0.2) is 18.1 Å². The third-order valence-electron chi connectivity index (χ3n) is 2.30. The first kappa shape index (κ1) is 14.3. The molecule has 96 valence electrons. The second kappa shape index (κ2) is 6.26.